The van der Waals surface area contributed by atoms with Crippen molar-refractivity contribution in [2.75, 3.05) is 19.7 Å². The van der Waals surface area contributed by atoms with E-state index in [0.29, 0.717) is 31.5 Å². The van der Waals surface area contributed by atoms with Crippen molar-refractivity contribution in [2.45, 2.75) is 38.7 Å². The Morgan fingerprint density at radius 1 is 1.45 bits per heavy atom. The van der Waals surface area contributed by atoms with Crippen LogP contribution in [0.2, 0.25) is 0 Å². The normalized spacial score (nSPS) is 25.3. The molecule has 1 fully saturated rings. The van der Waals surface area contributed by atoms with Crippen LogP contribution in [0.15, 0.2) is 24.3 Å². The van der Waals surface area contributed by atoms with E-state index >= 15 is 0 Å². The van der Waals surface area contributed by atoms with Gasteiger partial charge >= 0.3 is 0 Å². The molecular weight excluding hydrogens is 285 g/mol. The minimum Gasteiger partial charge on any atom is -0.396 e. The number of halogens is 1. The molecule has 1 heterocycles. The number of benzene rings is 1. The molecule has 1 aliphatic heterocycles. The van der Waals surface area contributed by atoms with Crippen molar-refractivity contribution in [3.63, 3.8) is 0 Å². The van der Waals surface area contributed by atoms with Crippen molar-refractivity contribution in [1.82, 2.24) is 4.90 Å². The Balaban J connectivity index is 2.09. The number of aliphatic hydroxyl groups is 2. The van der Waals surface area contributed by atoms with Gasteiger partial charge in [-0.2, -0.15) is 0 Å². The van der Waals surface area contributed by atoms with Crippen LogP contribution >= 0.6 is 0 Å². The highest BCUT2D eigenvalue weighted by Gasteiger charge is 2.42. The Hall–Kier alpha value is -1.46. The lowest BCUT2D eigenvalue weighted by Crippen LogP contribution is -2.55. The molecule has 0 spiro atoms. The van der Waals surface area contributed by atoms with Gasteiger partial charge in [0.1, 0.15) is 5.82 Å². The van der Waals surface area contributed by atoms with E-state index in [1.807, 2.05) is 6.92 Å². The predicted molar refractivity (Wildman–Crippen MR) is 81.7 cm³/mol. The smallest absolute Gasteiger partial charge is 0.227 e. The van der Waals surface area contributed by atoms with Gasteiger partial charge in [0.05, 0.1) is 19.1 Å². The molecule has 22 heavy (non-hydrogen) atoms. The van der Waals surface area contributed by atoms with Crippen molar-refractivity contribution >= 4 is 5.91 Å². The Kier molecular flexibility index (Phi) is 5.53. The molecule has 0 aliphatic carbocycles. The first-order valence-electron chi connectivity index (χ1n) is 7.82. The summed E-state index contributed by atoms with van der Waals surface area (Å²) in [5, 5.41) is 19.9. The Morgan fingerprint density at radius 2 is 2.18 bits per heavy atom. The van der Waals surface area contributed by atoms with Crippen molar-refractivity contribution in [3.05, 3.63) is 35.6 Å². The minimum atomic E-state index is -0.655. The van der Waals surface area contributed by atoms with Crippen LogP contribution in [0.25, 0.3) is 0 Å². The topological polar surface area (TPSA) is 60.8 Å². The number of piperidine rings is 1. The number of rotatable bonds is 5. The number of amides is 1. The highest BCUT2D eigenvalue weighted by Crippen LogP contribution is 2.34. The van der Waals surface area contributed by atoms with Crippen LogP contribution in [0.3, 0.4) is 0 Å². The zero-order valence-corrected chi connectivity index (χ0v) is 13.0. The number of carbonyl (C=O) groups excluding carboxylic acids is 1. The molecule has 1 saturated heterocycles. The molecule has 1 amide bonds. The minimum absolute atomic E-state index is 0.0103. The van der Waals surface area contributed by atoms with E-state index in [2.05, 4.69) is 0 Å². The average molecular weight is 309 g/mol. The fourth-order valence-corrected chi connectivity index (χ4v) is 3.26. The van der Waals surface area contributed by atoms with Crippen LogP contribution in [-0.2, 0) is 11.2 Å². The highest BCUT2D eigenvalue weighted by molar-refractivity contribution is 5.79. The molecule has 0 radical (unpaired) electrons. The van der Waals surface area contributed by atoms with Gasteiger partial charge in [-0.25, -0.2) is 4.39 Å². The lowest BCUT2D eigenvalue weighted by molar-refractivity contribution is -0.141. The van der Waals surface area contributed by atoms with Gasteiger partial charge < -0.3 is 15.1 Å². The first-order valence-corrected chi connectivity index (χ1v) is 7.82. The molecule has 0 bridgehead atoms. The molecule has 0 aromatic heterocycles. The molecule has 122 valence electrons. The summed E-state index contributed by atoms with van der Waals surface area (Å²) in [5.74, 6) is -0.541. The summed E-state index contributed by atoms with van der Waals surface area (Å²) in [4.78, 5) is 14.1. The summed E-state index contributed by atoms with van der Waals surface area (Å²) in [7, 11) is 0. The maximum absolute atomic E-state index is 13.7. The van der Waals surface area contributed by atoms with Crippen molar-refractivity contribution in [1.29, 1.82) is 0 Å². The summed E-state index contributed by atoms with van der Waals surface area (Å²) >= 11 is 0. The molecule has 4 nitrogen and oxygen atoms in total. The van der Waals surface area contributed by atoms with Gasteiger partial charge in [-0.1, -0.05) is 31.5 Å². The van der Waals surface area contributed by atoms with Gasteiger partial charge in [0.2, 0.25) is 5.91 Å². The zero-order valence-electron chi connectivity index (χ0n) is 13.0. The van der Waals surface area contributed by atoms with E-state index in [1.54, 1.807) is 23.1 Å². The molecular formula is C17H24FNO3. The van der Waals surface area contributed by atoms with Crippen LogP contribution < -0.4 is 0 Å². The van der Waals surface area contributed by atoms with E-state index in [9.17, 15) is 19.4 Å². The third-order valence-electron chi connectivity index (χ3n) is 4.60. The summed E-state index contributed by atoms with van der Waals surface area (Å²) < 4.78 is 13.7. The standard InChI is InChI=1S/C17H24FNO3/c1-2-8-17(12-20)11-19(9-7-15(17)21)16(22)10-13-5-3-4-6-14(13)18/h3-6,15,20-21H,2,7-12H2,1H3/t15-,17-/m0/s1. The molecule has 2 rings (SSSR count). The number of nitrogens with zero attached hydrogens (tertiary/aromatic N) is 1. The quantitative estimate of drug-likeness (QED) is 0.871. The van der Waals surface area contributed by atoms with Gasteiger partial charge in [0, 0.05) is 18.5 Å². The van der Waals surface area contributed by atoms with Gasteiger partial charge in [-0.3, -0.25) is 4.79 Å². The summed E-state index contributed by atoms with van der Waals surface area (Å²) in [6.45, 7) is 2.61. The van der Waals surface area contributed by atoms with Gasteiger partial charge in [0.25, 0.3) is 0 Å². The van der Waals surface area contributed by atoms with Gasteiger partial charge in [-0.15, -0.1) is 0 Å². The fourth-order valence-electron chi connectivity index (χ4n) is 3.26. The van der Waals surface area contributed by atoms with Crippen LogP contribution in [-0.4, -0.2) is 46.8 Å². The van der Waals surface area contributed by atoms with E-state index in [1.165, 1.54) is 6.07 Å². The molecule has 1 aromatic rings. The number of hydrogen-bond acceptors (Lipinski definition) is 3. The van der Waals surface area contributed by atoms with Gasteiger partial charge in [-0.05, 0) is 24.5 Å². The van der Waals surface area contributed by atoms with Crippen LogP contribution in [0.4, 0.5) is 4.39 Å². The second kappa shape index (κ2) is 7.20. The van der Waals surface area contributed by atoms with E-state index in [4.69, 9.17) is 0 Å². The average Bonchev–Trinajstić information content (AvgIpc) is 2.52. The third kappa shape index (κ3) is 3.47. The molecule has 2 atom stereocenters. The highest BCUT2D eigenvalue weighted by atomic mass is 19.1. The lowest BCUT2D eigenvalue weighted by Gasteiger charge is -2.45. The van der Waals surface area contributed by atoms with E-state index < -0.39 is 11.5 Å². The van der Waals surface area contributed by atoms with Crippen molar-refractivity contribution in [2.24, 2.45) is 5.41 Å². The molecule has 1 aliphatic rings. The molecule has 0 unspecified atom stereocenters. The Morgan fingerprint density at radius 3 is 2.82 bits per heavy atom. The van der Waals surface area contributed by atoms with Crippen LogP contribution in [0, 0.1) is 11.2 Å². The number of aliphatic hydroxyl groups excluding tert-OH is 2. The summed E-state index contributed by atoms with van der Waals surface area (Å²) in [5.41, 5.74) is -0.276. The molecule has 5 heteroatoms. The lowest BCUT2D eigenvalue weighted by atomic mass is 9.74. The number of hydrogen-bond donors (Lipinski definition) is 2. The Labute approximate surface area is 130 Å². The second-order valence-corrected chi connectivity index (χ2v) is 6.16. The van der Waals surface area contributed by atoms with E-state index in [-0.39, 0.29) is 24.8 Å². The third-order valence-corrected chi connectivity index (χ3v) is 4.60. The largest absolute Gasteiger partial charge is 0.396 e. The monoisotopic (exact) mass is 309 g/mol. The zero-order chi connectivity index (χ0) is 16.2. The fraction of sp³-hybridized carbons (Fsp3) is 0.588. The first-order chi connectivity index (χ1) is 10.5. The maximum atomic E-state index is 13.7. The second-order valence-electron chi connectivity index (χ2n) is 6.16. The van der Waals surface area contributed by atoms with E-state index in [0.717, 1.165) is 6.42 Å². The summed E-state index contributed by atoms with van der Waals surface area (Å²) in [6.07, 6.45) is 1.34. The first kappa shape index (κ1) is 16.9. The molecule has 1 aromatic carbocycles. The van der Waals surface area contributed by atoms with Gasteiger partial charge in [0.15, 0.2) is 0 Å². The SMILES string of the molecule is CCC[C@@]1(CO)CN(C(=O)Cc2ccccc2F)CC[C@@H]1O. The number of likely N-dealkylation sites (tertiary alicyclic amines) is 1. The van der Waals surface area contributed by atoms with Crippen molar-refractivity contribution in [3.8, 4) is 0 Å². The molecule has 0 saturated carbocycles. The number of carbonyl (C=O) groups is 1. The van der Waals surface area contributed by atoms with Crippen molar-refractivity contribution < 1.29 is 19.4 Å². The van der Waals surface area contributed by atoms with Crippen LogP contribution in [0.5, 0.6) is 0 Å². The predicted octanol–water partition coefficient (Wildman–Crippen LogP) is 1.74. The maximum Gasteiger partial charge on any atom is 0.227 e. The summed E-state index contributed by atoms with van der Waals surface area (Å²) in [6, 6.07) is 6.26. The Bertz CT molecular complexity index is 522. The molecule has 2 N–H and O–H groups in total. The van der Waals surface area contributed by atoms with Crippen LogP contribution in [0.1, 0.15) is 31.7 Å².